The topological polar surface area (TPSA) is 247 Å². The highest BCUT2D eigenvalue weighted by atomic mass is 16.4. The summed E-state index contributed by atoms with van der Waals surface area (Å²) in [5.41, 5.74) is 7.68. The molecule has 0 radical (unpaired) electrons. The number of aromatic nitrogens is 3. The van der Waals surface area contributed by atoms with E-state index in [-0.39, 0.29) is 24.4 Å². The molecule has 0 bridgehead atoms. The smallest absolute Gasteiger partial charge is 0.326 e. The van der Waals surface area contributed by atoms with E-state index in [0.717, 1.165) is 11.1 Å². The fourth-order valence-corrected chi connectivity index (χ4v) is 4.17. The Morgan fingerprint density at radius 2 is 1.56 bits per heavy atom. The van der Waals surface area contributed by atoms with E-state index in [1.54, 1.807) is 29.9 Å². The molecule has 15 heteroatoms. The van der Waals surface area contributed by atoms with Gasteiger partial charge in [0, 0.05) is 31.6 Å². The van der Waals surface area contributed by atoms with E-state index < -0.39 is 60.2 Å². The van der Waals surface area contributed by atoms with Gasteiger partial charge >= 0.3 is 17.9 Å². The molecule has 0 unspecified atom stereocenters. The number of carbonyl (C=O) groups excluding carboxylic acids is 2. The van der Waals surface area contributed by atoms with Gasteiger partial charge in [0.05, 0.1) is 5.39 Å². The van der Waals surface area contributed by atoms with Crippen molar-refractivity contribution in [1.29, 1.82) is 0 Å². The molecule has 1 aromatic carbocycles. The molecule has 2 amide bonds. The lowest BCUT2D eigenvalue weighted by Gasteiger charge is -2.16. The number of amides is 2. The number of carboxylic acids is 3. The number of benzene rings is 1. The zero-order valence-electron chi connectivity index (χ0n) is 22.0. The van der Waals surface area contributed by atoms with Crippen molar-refractivity contribution >= 4 is 46.7 Å². The second-order valence-corrected chi connectivity index (χ2v) is 9.36. The number of aromatic amines is 1. The Bertz CT molecular complexity index is 1530. The van der Waals surface area contributed by atoms with Crippen LogP contribution in [0.5, 0.6) is 0 Å². The maximum atomic E-state index is 12.7. The fourth-order valence-electron chi connectivity index (χ4n) is 4.17. The third kappa shape index (κ3) is 7.90. The SMILES string of the molecule is Cn1c(N)nc(=O)c2c(CCc3ccc(C(=O)N[C@@H](CCC(=O)N[C@@H](CCC(=O)O)C(=O)O)C(=O)O)cc3)c[nH]c21. The van der Waals surface area contributed by atoms with Crippen LogP contribution < -0.4 is 21.9 Å². The number of nitrogen functional groups attached to an aromatic ring is 1. The maximum absolute atomic E-state index is 12.7. The summed E-state index contributed by atoms with van der Waals surface area (Å²) < 4.78 is 1.58. The third-order valence-corrected chi connectivity index (χ3v) is 6.49. The van der Waals surface area contributed by atoms with Crippen molar-refractivity contribution in [3.05, 3.63) is 57.5 Å². The Morgan fingerprint density at radius 3 is 2.17 bits per heavy atom. The molecule has 2 heterocycles. The molecule has 3 aromatic rings. The van der Waals surface area contributed by atoms with Crippen molar-refractivity contribution in [2.24, 2.45) is 7.05 Å². The van der Waals surface area contributed by atoms with Crippen LogP contribution in [0.1, 0.15) is 47.2 Å². The largest absolute Gasteiger partial charge is 0.481 e. The predicted octanol–water partition coefficient (Wildman–Crippen LogP) is 0.0264. The number of fused-ring (bicyclic) bond motifs is 1. The minimum atomic E-state index is -1.44. The number of aryl methyl sites for hydroxylation is 3. The number of anilines is 1. The van der Waals surface area contributed by atoms with Gasteiger partial charge < -0.3 is 41.2 Å². The summed E-state index contributed by atoms with van der Waals surface area (Å²) in [4.78, 5) is 77.5. The maximum Gasteiger partial charge on any atom is 0.326 e. The van der Waals surface area contributed by atoms with Crippen LogP contribution in [0.25, 0.3) is 11.0 Å². The van der Waals surface area contributed by atoms with E-state index >= 15 is 0 Å². The number of aliphatic carboxylic acids is 3. The molecule has 3 rings (SSSR count). The second-order valence-electron chi connectivity index (χ2n) is 9.36. The van der Waals surface area contributed by atoms with Gasteiger partial charge in [0.15, 0.2) is 0 Å². The molecule has 0 aliphatic rings. The van der Waals surface area contributed by atoms with E-state index in [1.165, 1.54) is 12.1 Å². The molecule has 0 saturated carbocycles. The molecule has 0 aliphatic carbocycles. The Morgan fingerprint density at radius 1 is 0.951 bits per heavy atom. The first kappa shape index (κ1) is 30.3. The first-order valence-electron chi connectivity index (χ1n) is 12.6. The molecule has 41 heavy (non-hydrogen) atoms. The summed E-state index contributed by atoms with van der Waals surface area (Å²) >= 11 is 0. The van der Waals surface area contributed by atoms with Crippen LogP contribution in [0.3, 0.4) is 0 Å². The van der Waals surface area contributed by atoms with Crippen molar-refractivity contribution in [3.8, 4) is 0 Å². The minimum absolute atomic E-state index is 0.0953. The zero-order chi connectivity index (χ0) is 30.3. The van der Waals surface area contributed by atoms with E-state index in [4.69, 9.17) is 15.9 Å². The van der Waals surface area contributed by atoms with E-state index in [9.17, 15) is 33.9 Å². The molecule has 218 valence electrons. The lowest BCUT2D eigenvalue weighted by molar-refractivity contribution is -0.143. The molecule has 0 spiro atoms. The van der Waals surface area contributed by atoms with E-state index in [2.05, 4.69) is 20.6 Å². The highest BCUT2D eigenvalue weighted by Crippen LogP contribution is 2.18. The Hall–Kier alpha value is -5.21. The number of H-pyrrole nitrogens is 1. The van der Waals surface area contributed by atoms with Gasteiger partial charge in [0.25, 0.3) is 11.5 Å². The lowest BCUT2D eigenvalue weighted by Crippen LogP contribution is -2.44. The highest BCUT2D eigenvalue weighted by Gasteiger charge is 2.25. The fraction of sp³-hybridized carbons (Fsp3) is 0.346. The number of nitrogens with zero attached hydrogens (tertiary/aromatic N) is 2. The number of carbonyl (C=O) groups is 5. The molecular weight excluding hydrogens is 540 g/mol. The van der Waals surface area contributed by atoms with Crippen molar-refractivity contribution < 1.29 is 39.3 Å². The molecule has 15 nitrogen and oxygen atoms in total. The van der Waals surface area contributed by atoms with Crippen LogP contribution in [0.2, 0.25) is 0 Å². The average Bonchev–Trinajstić information content (AvgIpc) is 3.35. The van der Waals surface area contributed by atoms with Crippen molar-refractivity contribution in [3.63, 3.8) is 0 Å². The van der Waals surface area contributed by atoms with Crippen LogP contribution >= 0.6 is 0 Å². The van der Waals surface area contributed by atoms with E-state index in [1.807, 2.05) is 0 Å². The van der Waals surface area contributed by atoms with Crippen molar-refractivity contribution in [2.75, 3.05) is 5.73 Å². The minimum Gasteiger partial charge on any atom is -0.481 e. The van der Waals surface area contributed by atoms with Gasteiger partial charge in [-0.1, -0.05) is 12.1 Å². The van der Waals surface area contributed by atoms with E-state index in [0.29, 0.717) is 23.9 Å². The summed E-state index contributed by atoms with van der Waals surface area (Å²) in [6.07, 6.45) is 1.23. The molecule has 8 N–H and O–H groups in total. The summed E-state index contributed by atoms with van der Waals surface area (Å²) in [5, 5.41) is 32.3. The van der Waals surface area contributed by atoms with Crippen molar-refractivity contribution in [1.82, 2.24) is 25.2 Å². The Balaban J connectivity index is 1.56. The number of nitrogens with two attached hydrogens (primary N) is 1. The van der Waals surface area contributed by atoms with Crippen LogP contribution in [0.4, 0.5) is 5.95 Å². The molecule has 2 atom stereocenters. The van der Waals surface area contributed by atoms with Crippen LogP contribution in [-0.2, 0) is 39.1 Å². The van der Waals surface area contributed by atoms with Crippen LogP contribution in [0.15, 0.2) is 35.3 Å². The van der Waals surface area contributed by atoms with Crippen LogP contribution in [-0.4, -0.2) is 71.7 Å². The first-order valence-corrected chi connectivity index (χ1v) is 12.6. The van der Waals surface area contributed by atoms with Gasteiger partial charge in [-0.05, 0) is 48.9 Å². The van der Waals surface area contributed by atoms with Crippen LogP contribution in [0, 0.1) is 0 Å². The first-order chi connectivity index (χ1) is 19.4. The number of rotatable bonds is 14. The van der Waals surface area contributed by atoms with Gasteiger partial charge in [-0.15, -0.1) is 0 Å². The predicted molar refractivity (Wildman–Crippen MR) is 144 cm³/mol. The van der Waals surface area contributed by atoms with Gasteiger partial charge in [0.2, 0.25) is 11.9 Å². The summed E-state index contributed by atoms with van der Waals surface area (Å²) in [5.74, 6) is -5.41. The zero-order valence-corrected chi connectivity index (χ0v) is 22.0. The third-order valence-electron chi connectivity index (χ3n) is 6.49. The number of carboxylic acid groups (broad SMARTS) is 3. The average molecular weight is 571 g/mol. The summed E-state index contributed by atoms with van der Waals surface area (Å²) in [7, 11) is 1.69. The second kappa shape index (κ2) is 13.2. The number of hydrogen-bond donors (Lipinski definition) is 7. The Kier molecular flexibility index (Phi) is 9.79. The van der Waals surface area contributed by atoms with Gasteiger partial charge in [-0.2, -0.15) is 4.98 Å². The van der Waals surface area contributed by atoms with Gasteiger partial charge in [-0.3, -0.25) is 19.2 Å². The standard InChI is InChI=1S/C26H30N6O9/c1-32-21-20(23(37)31-26(32)27)15(12-28-21)7-4-13-2-5-14(6-3-13)22(36)30-17(25(40)41)8-10-18(33)29-16(24(38)39)9-11-19(34)35/h2-3,5-6,12,16-17,28H,4,7-11H2,1H3,(H,29,33)(H,30,36)(H,34,35)(H,38,39)(H,40,41)(H2,27,31,37)/t16-,17-/m0/s1. The van der Waals surface area contributed by atoms with Gasteiger partial charge in [-0.25, -0.2) is 9.59 Å². The summed E-state index contributed by atoms with van der Waals surface area (Å²) in [6.45, 7) is 0. The normalized spacial score (nSPS) is 12.4. The quantitative estimate of drug-likeness (QED) is 0.136. The lowest BCUT2D eigenvalue weighted by atomic mass is 10.0. The summed E-state index contributed by atoms with van der Waals surface area (Å²) in [6, 6.07) is 3.57. The number of nitrogens with one attached hydrogen (secondary N) is 3. The molecule has 0 fully saturated rings. The monoisotopic (exact) mass is 570 g/mol. The Labute approximate surface area is 232 Å². The molecule has 0 saturated heterocycles. The van der Waals surface area contributed by atoms with Crippen molar-refractivity contribution in [2.45, 2.75) is 50.6 Å². The molecular formula is C26H30N6O9. The van der Waals surface area contributed by atoms with Gasteiger partial charge in [0.1, 0.15) is 17.7 Å². The number of hydrogen-bond acceptors (Lipinski definition) is 8. The highest BCUT2D eigenvalue weighted by molar-refractivity contribution is 5.96. The molecule has 2 aromatic heterocycles. The molecule has 0 aliphatic heterocycles.